The zero-order chi connectivity index (χ0) is 20.5. The number of benzene rings is 3. The molecule has 0 fully saturated rings. The Hall–Kier alpha value is -2.73. The van der Waals surface area contributed by atoms with E-state index in [-0.39, 0.29) is 10.6 Å². The molecule has 3 aromatic rings. The number of halogens is 2. The molecule has 0 spiro atoms. The summed E-state index contributed by atoms with van der Waals surface area (Å²) >= 11 is 0. The van der Waals surface area contributed by atoms with Crippen molar-refractivity contribution < 1.29 is 17.2 Å². The van der Waals surface area contributed by atoms with Crippen molar-refractivity contribution in [2.75, 3.05) is 4.31 Å². The van der Waals surface area contributed by atoms with Crippen LogP contribution in [0.15, 0.2) is 71.6 Å². The van der Waals surface area contributed by atoms with Gasteiger partial charge in [-0.15, -0.1) is 0 Å². The molecule has 0 saturated heterocycles. The number of sulfonamides is 1. The molecular weight excluding hydrogens is 380 g/mol. The maximum Gasteiger partial charge on any atom is 0.264 e. The quantitative estimate of drug-likeness (QED) is 0.563. The van der Waals surface area contributed by atoms with Crippen LogP contribution in [0.25, 0.3) is 0 Å². The van der Waals surface area contributed by atoms with E-state index in [1.807, 2.05) is 6.07 Å². The van der Waals surface area contributed by atoms with E-state index in [0.717, 1.165) is 15.9 Å². The third-order valence-corrected chi connectivity index (χ3v) is 6.64. The molecule has 0 aliphatic heterocycles. The Labute approximate surface area is 164 Å². The van der Waals surface area contributed by atoms with Gasteiger partial charge in [-0.1, -0.05) is 42.5 Å². The molecular formula is C22H21F2NO2S. The molecule has 146 valence electrons. The van der Waals surface area contributed by atoms with Gasteiger partial charge in [-0.25, -0.2) is 17.2 Å². The molecule has 0 saturated carbocycles. The Kier molecular flexibility index (Phi) is 5.52. The summed E-state index contributed by atoms with van der Waals surface area (Å²) in [7, 11) is -4.14. The summed E-state index contributed by atoms with van der Waals surface area (Å²) in [5.74, 6) is -1.11. The molecule has 0 radical (unpaired) electrons. The molecule has 0 aromatic heterocycles. The summed E-state index contributed by atoms with van der Waals surface area (Å²) in [5, 5.41) is 0. The maximum atomic E-state index is 14.2. The molecule has 3 rings (SSSR count). The summed E-state index contributed by atoms with van der Waals surface area (Å²) in [5.41, 5.74) is 1.68. The average molecular weight is 401 g/mol. The number of hydrogen-bond acceptors (Lipinski definition) is 2. The van der Waals surface area contributed by atoms with Gasteiger partial charge in [0.2, 0.25) is 0 Å². The first-order valence-corrected chi connectivity index (χ1v) is 10.3. The molecule has 0 aliphatic rings. The first-order valence-electron chi connectivity index (χ1n) is 8.83. The van der Waals surface area contributed by atoms with Crippen LogP contribution in [0.1, 0.15) is 29.7 Å². The van der Waals surface area contributed by atoms with Crippen LogP contribution < -0.4 is 4.31 Å². The topological polar surface area (TPSA) is 37.4 Å². The van der Waals surface area contributed by atoms with Crippen molar-refractivity contribution in [1.82, 2.24) is 0 Å². The third kappa shape index (κ3) is 3.78. The largest absolute Gasteiger partial charge is 0.264 e. The lowest BCUT2D eigenvalue weighted by atomic mass is 10.1. The van der Waals surface area contributed by atoms with Crippen molar-refractivity contribution in [3.8, 4) is 0 Å². The second-order valence-corrected chi connectivity index (χ2v) is 8.55. The minimum atomic E-state index is -4.14. The van der Waals surface area contributed by atoms with Gasteiger partial charge in [0.15, 0.2) is 0 Å². The highest BCUT2D eigenvalue weighted by atomic mass is 32.2. The fourth-order valence-electron chi connectivity index (χ4n) is 3.00. The second kappa shape index (κ2) is 7.72. The zero-order valence-corrected chi connectivity index (χ0v) is 16.7. The van der Waals surface area contributed by atoms with Crippen LogP contribution in [0.4, 0.5) is 14.5 Å². The molecule has 3 nitrogen and oxygen atoms in total. The maximum absolute atomic E-state index is 14.2. The van der Waals surface area contributed by atoms with Crippen molar-refractivity contribution in [2.45, 2.75) is 31.7 Å². The number of rotatable bonds is 5. The zero-order valence-electron chi connectivity index (χ0n) is 15.9. The SMILES string of the molecule is Cc1ccc(N([C@@H](C)c2ccccc2)S(=O)(=O)c2ccc(C)c(F)c2)cc1F. The van der Waals surface area contributed by atoms with Crippen LogP contribution >= 0.6 is 0 Å². The van der Waals surface area contributed by atoms with Crippen molar-refractivity contribution >= 4 is 15.7 Å². The number of aryl methyl sites for hydroxylation is 2. The van der Waals surface area contributed by atoms with E-state index in [9.17, 15) is 17.2 Å². The van der Waals surface area contributed by atoms with Gasteiger partial charge in [0.25, 0.3) is 10.0 Å². The van der Waals surface area contributed by atoms with Crippen LogP contribution in [0, 0.1) is 25.5 Å². The molecule has 3 aromatic carbocycles. The smallest absolute Gasteiger partial charge is 0.259 e. The Morgan fingerprint density at radius 1 is 0.821 bits per heavy atom. The Balaban J connectivity index is 2.19. The van der Waals surface area contributed by atoms with E-state index in [0.29, 0.717) is 11.1 Å². The molecule has 0 bridgehead atoms. The summed E-state index contributed by atoms with van der Waals surface area (Å²) in [6.07, 6.45) is 0. The Morgan fingerprint density at radius 2 is 1.39 bits per heavy atom. The van der Waals surface area contributed by atoms with Crippen molar-refractivity contribution in [3.05, 3.63) is 95.1 Å². The fraction of sp³-hybridized carbons (Fsp3) is 0.182. The van der Waals surface area contributed by atoms with Gasteiger partial charge in [0.1, 0.15) is 11.6 Å². The first-order chi connectivity index (χ1) is 13.2. The van der Waals surface area contributed by atoms with Gasteiger partial charge in [0, 0.05) is 0 Å². The molecule has 1 atom stereocenters. The number of hydrogen-bond donors (Lipinski definition) is 0. The van der Waals surface area contributed by atoms with Gasteiger partial charge < -0.3 is 0 Å². The van der Waals surface area contributed by atoms with Gasteiger partial charge in [0.05, 0.1) is 16.6 Å². The van der Waals surface area contributed by atoms with E-state index in [2.05, 4.69) is 0 Å². The molecule has 0 N–H and O–H groups in total. The highest BCUT2D eigenvalue weighted by molar-refractivity contribution is 7.92. The lowest BCUT2D eigenvalue weighted by Gasteiger charge is -2.31. The predicted molar refractivity (Wildman–Crippen MR) is 107 cm³/mol. The molecule has 6 heteroatoms. The molecule has 0 aliphatic carbocycles. The second-order valence-electron chi connectivity index (χ2n) is 6.73. The highest BCUT2D eigenvalue weighted by Crippen LogP contribution is 2.34. The Morgan fingerprint density at radius 3 is 1.96 bits per heavy atom. The summed E-state index contributed by atoms with van der Waals surface area (Å²) < 4.78 is 56.3. The van der Waals surface area contributed by atoms with E-state index >= 15 is 0 Å². The monoisotopic (exact) mass is 401 g/mol. The average Bonchev–Trinajstić information content (AvgIpc) is 2.67. The van der Waals surface area contributed by atoms with Gasteiger partial charge in [-0.2, -0.15) is 0 Å². The standard InChI is InChI=1S/C22H21F2NO2S/c1-15-9-11-19(13-21(15)23)25(17(3)18-7-5-4-6-8-18)28(26,27)20-12-10-16(2)22(24)14-20/h4-14,17H,1-3H3/t17-/m0/s1. The van der Waals surface area contributed by atoms with Crippen LogP contribution in [-0.4, -0.2) is 8.42 Å². The van der Waals surface area contributed by atoms with Crippen LogP contribution in [0.2, 0.25) is 0 Å². The normalized spacial score (nSPS) is 12.6. The van der Waals surface area contributed by atoms with Crippen molar-refractivity contribution in [3.63, 3.8) is 0 Å². The number of nitrogens with zero attached hydrogens (tertiary/aromatic N) is 1. The molecule has 0 heterocycles. The first kappa shape index (κ1) is 20.0. The van der Waals surface area contributed by atoms with Gasteiger partial charge in [-0.05, 0) is 61.7 Å². The van der Waals surface area contributed by atoms with Crippen molar-refractivity contribution in [2.24, 2.45) is 0 Å². The minimum absolute atomic E-state index is 0.181. The fourth-order valence-corrected chi connectivity index (χ4v) is 4.65. The van der Waals surface area contributed by atoms with E-state index < -0.39 is 27.7 Å². The van der Waals surface area contributed by atoms with E-state index in [1.165, 1.54) is 24.3 Å². The predicted octanol–water partition coefficient (Wildman–Crippen LogP) is 5.54. The van der Waals surface area contributed by atoms with Gasteiger partial charge in [-0.3, -0.25) is 4.31 Å². The lowest BCUT2D eigenvalue weighted by molar-refractivity contribution is 0.577. The van der Waals surface area contributed by atoms with Gasteiger partial charge >= 0.3 is 0 Å². The third-order valence-electron chi connectivity index (χ3n) is 4.74. The lowest BCUT2D eigenvalue weighted by Crippen LogP contribution is -2.34. The summed E-state index contributed by atoms with van der Waals surface area (Å²) in [6, 6.07) is 16.5. The van der Waals surface area contributed by atoms with Crippen LogP contribution in [-0.2, 0) is 10.0 Å². The van der Waals surface area contributed by atoms with Crippen molar-refractivity contribution in [1.29, 1.82) is 0 Å². The van der Waals surface area contributed by atoms with E-state index in [4.69, 9.17) is 0 Å². The highest BCUT2D eigenvalue weighted by Gasteiger charge is 2.31. The summed E-state index contributed by atoms with van der Waals surface area (Å²) in [6.45, 7) is 4.88. The molecule has 0 unspecified atom stereocenters. The summed E-state index contributed by atoms with van der Waals surface area (Å²) in [4.78, 5) is -0.181. The molecule has 0 amide bonds. The minimum Gasteiger partial charge on any atom is -0.259 e. The number of anilines is 1. The van der Waals surface area contributed by atoms with Crippen LogP contribution in [0.3, 0.4) is 0 Å². The molecule has 28 heavy (non-hydrogen) atoms. The Bertz CT molecular complexity index is 1100. The van der Waals surface area contributed by atoms with Crippen LogP contribution in [0.5, 0.6) is 0 Å². The van der Waals surface area contributed by atoms with E-state index in [1.54, 1.807) is 51.1 Å².